The number of piperazine rings is 1. The van der Waals surface area contributed by atoms with Crippen molar-refractivity contribution in [3.8, 4) is 0 Å². The maximum absolute atomic E-state index is 13.1. The molecule has 5 rings (SSSR count). The Balaban J connectivity index is 1.17. The van der Waals surface area contributed by atoms with E-state index in [2.05, 4.69) is 24.7 Å². The fourth-order valence-electron chi connectivity index (χ4n) is 4.47. The molecule has 0 amide bonds. The Hall–Kier alpha value is -2.21. The van der Waals surface area contributed by atoms with Crippen LogP contribution in [0.25, 0.3) is 0 Å². The lowest BCUT2D eigenvalue weighted by molar-refractivity contribution is 0.156. The van der Waals surface area contributed by atoms with Crippen LogP contribution < -0.4 is 9.80 Å². The molecule has 0 spiro atoms. The largest absolute Gasteiger partial charge is 0.369 e. The smallest absolute Gasteiger partial charge is 0.135 e. The van der Waals surface area contributed by atoms with E-state index in [1.54, 1.807) is 18.5 Å². The van der Waals surface area contributed by atoms with Gasteiger partial charge in [-0.2, -0.15) is 0 Å². The quantitative estimate of drug-likeness (QED) is 0.845. The first kappa shape index (κ1) is 16.0. The van der Waals surface area contributed by atoms with Crippen LogP contribution >= 0.6 is 0 Å². The number of nitrogens with zero attached hydrogens (tertiary/aromatic N) is 5. The maximum atomic E-state index is 13.1. The summed E-state index contributed by atoms with van der Waals surface area (Å²) in [5.74, 6) is 1.01. The minimum Gasteiger partial charge on any atom is -0.369 e. The Labute approximate surface area is 153 Å². The lowest BCUT2D eigenvalue weighted by Crippen LogP contribution is -2.63. The summed E-state index contributed by atoms with van der Waals surface area (Å²) < 4.78 is 13.1. The first-order valence-corrected chi connectivity index (χ1v) is 9.60. The number of anilines is 2. The molecule has 26 heavy (non-hydrogen) atoms. The van der Waals surface area contributed by atoms with Crippen LogP contribution in [0.1, 0.15) is 17.7 Å². The van der Waals surface area contributed by atoms with Gasteiger partial charge < -0.3 is 9.80 Å². The van der Waals surface area contributed by atoms with Crippen molar-refractivity contribution in [1.82, 2.24) is 14.9 Å². The third-order valence-corrected chi connectivity index (χ3v) is 6.04. The monoisotopic (exact) mass is 353 g/mol. The highest BCUT2D eigenvalue weighted by atomic mass is 19.1. The predicted molar refractivity (Wildman–Crippen MR) is 100 cm³/mol. The number of fused-ring (bicyclic) bond motifs is 1. The van der Waals surface area contributed by atoms with Gasteiger partial charge in [-0.25, -0.2) is 14.4 Å². The molecular formula is C20H24FN5. The van der Waals surface area contributed by atoms with Crippen LogP contribution in [0, 0.1) is 5.82 Å². The zero-order chi connectivity index (χ0) is 17.5. The molecule has 3 aliphatic rings. The Kier molecular flexibility index (Phi) is 4.00. The zero-order valence-corrected chi connectivity index (χ0v) is 14.9. The summed E-state index contributed by atoms with van der Waals surface area (Å²) in [4.78, 5) is 16.4. The molecule has 0 N–H and O–H groups in total. The second-order valence-corrected chi connectivity index (χ2v) is 7.53. The predicted octanol–water partition coefficient (Wildman–Crippen LogP) is 2.12. The molecule has 6 heteroatoms. The Morgan fingerprint density at radius 1 is 0.885 bits per heavy atom. The molecule has 0 bridgehead atoms. The van der Waals surface area contributed by atoms with Gasteiger partial charge in [0, 0.05) is 62.3 Å². The number of hydrogen-bond donors (Lipinski definition) is 0. The minimum atomic E-state index is -0.168. The highest BCUT2D eigenvalue weighted by Gasteiger charge is 2.36. The van der Waals surface area contributed by atoms with E-state index < -0.39 is 0 Å². The summed E-state index contributed by atoms with van der Waals surface area (Å²) in [7, 11) is 0. The van der Waals surface area contributed by atoms with Gasteiger partial charge in [-0.1, -0.05) is 0 Å². The van der Waals surface area contributed by atoms with Crippen molar-refractivity contribution in [2.24, 2.45) is 0 Å². The van der Waals surface area contributed by atoms with Crippen molar-refractivity contribution in [2.75, 3.05) is 49.1 Å². The second kappa shape index (κ2) is 6.50. The fourth-order valence-corrected chi connectivity index (χ4v) is 4.47. The van der Waals surface area contributed by atoms with Crippen LogP contribution in [-0.2, 0) is 12.8 Å². The highest BCUT2D eigenvalue weighted by molar-refractivity contribution is 5.53. The van der Waals surface area contributed by atoms with Gasteiger partial charge in [0.15, 0.2) is 0 Å². The van der Waals surface area contributed by atoms with Crippen LogP contribution in [0.4, 0.5) is 15.9 Å². The fraction of sp³-hybridized carbons (Fsp3) is 0.500. The molecule has 0 unspecified atom stereocenters. The van der Waals surface area contributed by atoms with Gasteiger partial charge in [-0.3, -0.25) is 4.90 Å². The van der Waals surface area contributed by atoms with Crippen molar-refractivity contribution in [1.29, 1.82) is 0 Å². The van der Waals surface area contributed by atoms with E-state index in [-0.39, 0.29) is 5.82 Å². The van der Waals surface area contributed by atoms with Gasteiger partial charge in [0.2, 0.25) is 0 Å². The zero-order valence-electron chi connectivity index (χ0n) is 14.9. The summed E-state index contributed by atoms with van der Waals surface area (Å²) >= 11 is 0. The summed E-state index contributed by atoms with van der Waals surface area (Å²) in [6, 6.07) is 7.48. The molecule has 1 aliphatic carbocycles. The van der Waals surface area contributed by atoms with E-state index in [0.29, 0.717) is 6.04 Å². The Bertz CT molecular complexity index is 779. The van der Waals surface area contributed by atoms with Gasteiger partial charge in [0.25, 0.3) is 0 Å². The molecular weight excluding hydrogens is 329 g/mol. The summed E-state index contributed by atoms with van der Waals surface area (Å²) in [5.41, 5.74) is 3.76. The topological polar surface area (TPSA) is 35.5 Å². The van der Waals surface area contributed by atoms with Crippen molar-refractivity contribution in [3.63, 3.8) is 0 Å². The molecule has 0 radical (unpaired) electrons. The van der Waals surface area contributed by atoms with Crippen LogP contribution in [0.2, 0.25) is 0 Å². The SMILES string of the molecule is Fc1ccc(N2CCN(C3CN(c4ncnc5c4CCC5)C3)CC2)cc1. The molecule has 1 aromatic carbocycles. The van der Waals surface area contributed by atoms with Crippen molar-refractivity contribution >= 4 is 11.5 Å². The number of rotatable bonds is 3. The minimum absolute atomic E-state index is 0.168. The summed E-state index contributed by atoms with van der Waals surface area (Å²) in [6.45, 7) is 6.28. The number of benzene rings is 1. The van der Waals surface area contributed by atoms with Crippen molar-refractivity contribution in [2.45, 2.75) is 25.3 Å². The molecule has 2 saturated heterocycles. The van der Waals surface area contributed by atoms with E-state index >= 15 is 0 Å². The molecule has 2 aliphatic heterocycles. The van der Waals surface area contributed by atoms with E-state index in [1.807, 2.05) is 12.1 Å². The highest BCUT2D eigenvalue weighted by Crippen LogP contribution is 2.31. The van der Waals surface area contributed by atoms with Gasteiger partial charge in [0.1, 0.15) is 18.0 Å². The number of aromatic nitrogens is 2. The average Bonchev–Trinajstić information content (AvgIpc) is 3.11. The number of halogens is 1. The Morgan fingerprint density at radius 2 is 1.65 bits per heavy atom. The van der Waals surface area contributed by atoms with Crippen molar-refractivity contribution in [3.05, 3.63) is 47.7 Å². The maximum Gasteiger partial charge on any atom is 0.135 e. The molecule has 2 aromatic rings. The Morgan fingerprint density at radius 3 is 2.42 bits per heavy atom. The van der Waals surface area contributed by atoms with Gasteiger partial charge in [-0.05, 0) is 43.5 Å². The molecule has 0 saturated carbocycles. The van der Waals surface area contributed by atoms with Gasteiger partial charge in [-0.15, -0.1) is 0 Å². The van der Waals surface area contributed by atoms with Crippen LogP contribution in [0.3, 0.4) is 0 Å². The first-order valence-electron chi connectivity index (χ1n) is 9.60. The molecule has 5 nitrogen and oxygen atoms in total. The van der Waals surface area contributed by atoms with E-state index in [0.717, 1.165) is 57.8 Å². The van der Waals surface area contributed by atoms with Gasteiger partial charge in [0.05, 0.1) is 0 Å². The normalized spacial score (nSPS) is 21.0. The molecule has 3 heterocycles. The third-order valence-electron chi connectivity index (χ3n) is 6.04. The molecule has 1 aromatic heterocycles. The molecule has 136 valence electrons. The third kappa shape index (κ3) is 2.82. The number of hydrogen-bond acceptors (Lipinski definition) is 5. The lowest BCUT2D eigenvalue weighted by atomic mass is 10.0. The van der Waals surface area contributed by atoms with Crippen molar-refractivity contribution < 1.29 is 4.39 Å². The second-order valence-electron chi connectivity index (χ2n) is 7.53. The van der Waals surface area contributed by atoms with E-state index in [9.17, 15) is 4.39 Å². The standard InChI is InChI=1S/C20H24FN5/c21-15-4-6-16(7-5-15)24-8-10-25(11-9-24)17-12-26(13-17)20-18-2-1-3-19(18)22-14-23-20/h4-7,14,17H,1-3,8-13H2. The van der Waals surface area contributed by atoms with Crippen LogP contribution in [0.15, 0.2) is 30.6 Å². The van der Waals surface area contributed by atoms with Crippen LogP contribution in [0.5, 0.6) is 0 Å². The first-order chi connectivity index (χ1) is 12.8. The summed E-state index contributed by atoms with van der Waals surface area (Å²) in [6.07, 6.45) is 5.18. The lowest BCUT2D eigenvalue weighted by Gasteiger charge is -2.49. The van der Waals surface area contributed by atoms with Crippen LogP contribution in [-0.4, -0.2) is 60.2 Å². The number of aryl methyl sites for hydroxylation is 1. The van der Waals surface area contributed by atoms with E-state index in [4.69, 9.17) is 0 Å². The molecule has 0 atom stereocenters. The van der Waals surface area contributed by atoms with E-state index in [1.165, 1.54) is 23.5 Å². The van der Waals surface area contributed by atoms with Gasteiger partial charge >= 0.3 is 0 Å². The molecule has 2 fully saturated rings. The average molecular weight is 353 g/mol. The summed E-state index contributed by atoms with van der Waals surface area (Å²) in [5, 5.41) is 0.